The first-order chi connectivity index (χ1) is 19.2. The summed E-state index contributed by atoms with van der Waals surface area (Å²) in [5.41, 5.74) is 3.43. The van der Waals surface area contributed by atoms with Gasteiger partial charge in [-0.15, -0.1) is 0 Å². The number of aromatic hydroxyl groups is 1. The third-order valence-corrected chi connectivity index (χ3v) is 9.07. The number of allylic oxidation sites excluding steroid dienone is 1. The van der Waals surface area contributed by atoms with Crippen molar-refractivity contribution >= 4 is 28.9 Å². The predicted octanol–water partition coefficient (Wildman–Crippen LogP) is 0.352. The minimum Gasteiger partial charge on any atom is -0.510 e. The number of Topliss-reactive ketones (excluding diaryl/α,β-unsaturated/α-hetero) is 3. The van der Waals surface area contributed by atoms with Gasteiger partial charge in [0.15, 0.2) is 11.4 Å². The molecule has 4 aliphatic rings. The van der Waals surface area contributed by atoms with Gasteiger partial charge in [0.05, 0.1) is 11.6 Å². The Bertz CT molecular complexity index is 1430. The smallest absolute Gasteiger partial charge is 0.255 e. The van der Waals surface area contributed by atoms with E-state index in [1.54, 1.807) is 14.1 Å². The number of primary amides is 1. The number of carbonyl (C=O) groups is 4. The fraction of sp³-hybridized carbons (Fsp3) is 0.517. The van der Waals surface area contributed by atoms with Crippen LogP contribution in [0.2, 0.25) is 0 Å². The number of carbonyl (C=O) groups excluding carboxylic acids is 4. The molecule has 1 saturated heterocycles. The molecule has 1 fully saturated rings. The van der Waals surface area contributed by atoms with E-state index in [0.717, 1.165) is 0 Å². The second kappa shape index (κ2) is 9.97. The highest BCUT2D eigenvalue weighted by atomic mass is 16.3. The number of ketones is 3. The van der Waals surface area contributed by atoms with Gasteiger partial charge in [-0.25, -0.2) is 0 Å². The Kier molecular flexibility index (Phi) is 6.99. The molecule has 5 rings (SSSR count). The first-order valence-electron chi connectivity index (χ1n) is 13.6. The fourth-order valence-electron chi connectivity index (χ4n) is 7.07. The zero-order chi connectivity index (χ0) is 30.1. The lowest BCUT2D eigenvalue weighted by Crippen LogP contribution is -2.63. The van der Waals surface area contributed by atoms with Gasteiger partial charge in [-0.05, 0) is 44.5 Å². The molecule has 220 valence electrons. The lowest BCUT2D eigenvalue weighted by Gasteiger charge is -2.50. The Balaban J connectivity index is 1.66. The molecule has 12 heteroatoms. The molecule has 6 N–H and O–H groups in total. The van der Waals surface area contributed by atoms with Gasteiger partial charge in [-0.3, -0.25) is 29.0 Å². The van der Waals surface area contributed by atoms with E-state index in [1.807, 2.05) is 30.0 Å². The maximum absolute atomic E-state index is 14.1. The quantitative estimate of drug-likeness (QED) is 0.309. The van der Waals surface area contributed by atoms with Crippen molar-refractivity contribution < 1.29 is 39.6 Å². The summed E-state index contributed by atoms with van der Waals surface area (Å²) >= 11 is 0. The van der Waals surface area contributed by atoms with Crippen LogP contribution in [0.25, 0.3) is 0 Å². The maximum atomic E-state index is 14.1. The van der Waals surface area contributed by atoms with Crippen molar-refractivity contribution in [2.45, 2.75) is 43.9 Å². The molecule has 12 nitrogen and oxygen atoms in total. The number of phenolic OH excluding ortho intramolecular Hbond substituents is 1. The molecule has 3 aliphatic carbocycles. The van der Waals surface area contributed by atoms with Gasteiger partial charge in [-0.1, -0.05) is 0 Å². The van der Waals surface area contributed by atoms with Gasteiger partial charge in [0.1, 0.15) is 28.6 Å². The zero-order valence-corrected chi connectivity index (χ0v) is 23.6. The SMILES string of the molecule is CN(C)c1cc(CN2CCC(=O)CC2)c(O)c2c1C[C@H]1C[C@H]3[C@H](N(C)C)C(O)=C(C(N)=O)C(=O)[C@@]3(O)C(O)=C1C2=O. The topological polar surface area (TPSA) is 185 Å². The average Bonchev–Trinajstić information content (AvgIpc) is 2.88. The van der Waals surface area contributed by atoms with Crippen LogP contribution in [-0.4, -0.2) is 106 Å². The lowest BCUT2D eigenvalue weighted by atomic mass is 9.58. The molecule has 0 aromatic heterocycles. The summed E-state index contributed by atoms with van der Waals surface area (Å²) < 4.78 is 0. The minimum atomic E-state index is -2.68. The molecule has 0 unspecified atom stereocenters. The van der Waals surface area contributed by atoms with Crippen LogP contribution < -0.4 is 10.6 Å². The first-order valence-corrected chi connectivity index (χ1v) is 13.6. The third-order valence-electron chi connectivity index (χ3n) is 9.07. The highest BCUT2D eigenvalue weighted by molar-refractivity contribution is 6.25. The number of hydrogen-bond donors (Lipinski definition) is 5. The number of hydrogen-bond acceptors (Lipinski definition) is 11. The second-order valence-electron chi connectivity index (χ2n) is 11.9. The van der Waals surface area contributed by atoms with E-state index >= 15 is 0 Å². The summed E-state index contributed by atoms with van der Waals surface area (Å²) in [6.45, 7) is 1.36. The van der Waals surface area contributed by atoms with Crippen LogP contribution in [0.5, 0.6) is 5.75 Å². The summed E-state index contributed by atoms with van der Waals surface area (Å²) in [5, 5.41) is 45.6. The molecular formula is C29H36N4O8. The van der Waals surface area contributed by atoms with Gasteiger partial charge in [0.25, 0.3) is 5.91 Å². The number of likely N-dealkylation sites (tertiary alicyclic amines) is 1. The number of anilines is 1. The summed E-state index contributed by atoms with van der Waals surface area (Å²) in [4.78, 5) is 56.9. The number of likely N-dealkylation sites (N-methyl/N-ethyl adjacent to an activating group) is 1. The van der Waals surface area contributed by atoms with Crippen molar-refractivity contribution in [2.24, 2.45) is 17.6 Å². The van der Waals surface area contributed by atoms with Crippen LogP contribution in [-0.2, 0) is 27.3 Å². The number of amides is 1. The zero-order valence-electron chi connectivity index (χ0n) is 23.6. The lowest BCUT2D eigenvalue weighted by molar-refractivity contribution is -0.148. The van der Waals surface area contributed by atoms with E-state index in [4.69, 9.17) is 5.73 Å². The Hall–Kier alpha value is -3.74. The second-order valence-corrected chi connectivity index (χ2v) is 11.9. The largest absolute Gasteiger partial charge is 0.510 e. The van der Waals surface area contributed by atoms with Crippen molar-refractivity contribution in [1.82, 2.24) is 9.80 Å². The Morgan fingerprint density at radius 2 is 1.73 bits per heavy atom. The molecule has 41 heavy (non-hydrogen) atoms. The van der Waals surface area contributed by atoms with Crippen LogP contribution >= 0.6 is 0 Å². The van der Waals surface area contributed by atoms with Crippen molar-refractivity contribution in [1.29, 1.82) is 0 Å². The van der Waals surface area contributed by atoms with Crippen LogP contribution in [0.1, 0.15) is 40.7 Å². The minimum absolute atomic E-state index is 0.0138. The molecule has 0 radical (unpaired) electrons. The standard InChI is InChI=1S/C29H36N4O8/c1-31(2)18-11-14(12-33-7-5-15(34)6-8-33)23(35)20-16(18)9-13-10-17-22(32(3)4)25(37)21(28(30)40)27(39)29(17,41)26(38)19(13)24(20)36/h11,13,17,22,35,37-38,41H,5-10,12H2,1-4H3,(H2,30,40)/t13-,17-,22-,29-/m0/s1. The number of aliphatic hydroxyl groups excluding tert-OH is 2. The number of fused-ring (bicyclic) bond motifs is 3. The summed E-state index contributed by atoms with van der Waals surface area (Å²) in [5.74, 6) is -6.52. The normalized spacial score (nSPS) is 28.5. The average molecular weight is 569 g/mol. The number of nitrogens with zero attached hydrogens (tertiary/aromatic N) is 3. The monoisotopic (exact) mass is 568 g/mol. The van der Waals surface area contributed by atoms with Crippen LogP contribution in [0.4, 0.5) is 5.69 Å². The fourth-order valence-corrected chi connectivity index (χ4v) is 7.07. The van der Waals surface area contributed by atoms with E-state index in [2.05, 4.69) is 0 Å². The number of rotatable bonds is 5. The Morgan fingerprint density at radius 1 is 1.10 bits per heavy atom. The number of piperidine rings is 1. The summed E-state index contributed by atoms with van der Waals surface area (Å²) in [7, 11) is 6.82. The molecule has 4 atom stereocenters. The highest BCUT2D eigenvalue weighted by Crippen LogP contribution is 2.53. The Labute approximate surface area is 237 Å². The van der Waals surface area contributed by atoms with Gasteiger partial charge in [0.2, 0.25) is 5.78 Å². The number of benzene rings is 1. The van der Waals surface area contributed by atoms with Gasteiger partial charge in [0, 0.05) is 69.3 Å². The maximum Gasteiger partial charge on any atom is 0.255 e. The van der Waals surface area contributed by atoms with E-state index in [9.17, 15) is 39.6 Å². The molecule has 1 aliphatic heterocycles. The first kappa shape index (κ1) is 28.8. The van der Waals surface area contributed by atoms with Crippen molar-refractivity contribution in [3.63, 3.8) is 0 Å². The molecule has 0 saturated carbocycles. The third kappa shape index (κ3) is 4.23. The van der Waals surface area contributed by atoms with E-state index < -0.39 is 58.0 Å². The highest BCUT2D eigenvalue weighted by Gasteiger charge is 2.63. The predicted molar refractivity (Wildman–Crippen MR) is 148 cm³/mol. The molecule has 0 spiro atoms. The van der Waals surface area contributed by atoms with E-state index in [1.165, 1.54) is 4.90 Å². The summed E-state index contributed by atoms with van der Waals surface area (Å²) in [6.07, 6.45) is 1.07. The van der Waals surface area contributed by atoms with E-state index in [-0.39, 0.29) is 35.5 Å². The molecule has 1 aromatic carbocycles. The number of aliphatic hydroxyl groups is 3. The van der Waals surface area contributed by atoms with E-state index in [0.29, 0.717) is 49.3 Å². The van der Waals surface area contributed by atoms with Crippen molar-refractivity contribution in [3.05, 3.63) is 45.4 Å². The summed E-state index contributed by atoms with van der Waals surface area (Å²) in [6, 6.07) is 0.785. The molecular weight excluding hydrogens is 532 g/mol. The van der Waals surface area contributed by atoms with Crippen molar-refractivity contribution in [2.75, 3.05) is 46.2 Å². The number of nitrogens with two attached hydrogens (primary N) is 1. The molecule has 1 heterocycles. The van der Waals surface area contributed by atoms with Gasteiger partial charge in [-0.2, -0.15) is 0 Å². The van der Waals surface area contributed by atoms with Gasteiger partial charge >= 0.3 is 0 Å². The van der Waals surface area contributed by atoms with Crippen LogP contribution in [0.3, 0.4) is 0 Å². The molecule has 1 aromatic rings. The van der Waals surface area contributed by atoms with Crippen molar-refractivity contribution in [3.8, 4) is 5.75 Å². The molecule has 0 bridgehead atoms. The van der Waals surface area contributed by atoms with Crippen LogP contribution in [0, 0.1) is 11.8 Å². The van der Waals surface area contributed by atoms with Crippen LogP contribution in [0.15, 0.2) is 28.7 Å². The Morgan fingerprint density at radius 3 is 2.29 bits per heavy atom. The molecule has 1 amide bonds. The number of phenols is 1. The van der Waals surface area contributed by atoms with Gasteiger partial charge < -0.3 is 31.1 Å².